The van der Waals surface area contributed by atoms with Crippen LogP contribution in [0.1, 0.15) is 55.4 Å². The Bertz CT molecular complexity index is 397. The highest BCUT2D eigenvalue weighted by molar-refractivity contribution is 6.82. The van der Waals surface area contributed by atoms with Gasteiger partial charge in [-0.25, -0.2) is 0 Å². The standard InChI is InChI=1S/C17H30O2Si/c1-14(2)20(18-16(3,4)5,19-17(6,7)8)15-12-10-9-11-13-15/h9-14H,1-8H3. The normalized spacial score (nSPS) is 13.8. The molecule has 0 aliphatic rings. The third kappa shape index (κ3) is 4.72. The molecule has 1 rings (SSSR count). The van der Waals surface area contributed by atoms with Gasteiger partial charge in [0.2, 0.25) is 0 Å². The van der Waals surface area contributed by atoms with Crippen LogP contribution in [0.3, 0.4) is 0 Å². The number of hydrogen-bond acceptors (Lipinski definition) is 2. The third-order valence-electron chi connectivity index (χ3n) is 2.85. The second-order valence-electron chi connectivity index (χ2n) is 7.62. The summed E-state index contributed by atoms with van der Waals surface area (Å²) in [5.74, 6) is 0. The molecule has 0 amide bonds. The zero-order valence-electron chi connectivity index (χ0n) is 14.3. The van der Waals surface area contributed by atoms with Gasteiger partial charge in [-0.3, -0.25) is 0 Å². The second kappa shape index (κ2) is 6.00. The summed E-state index contributed by atoms with van der Waals surface area (Å²) in [7, 11) is -2.52. The lowest BCUT2D eigenvalue weighted by Crippen LogP contribution is -2.62. The van der Waals surface area contributed by atoms with Crippen molar-refractivity contribution in [2.45, 2.75) is 72.1 Å². The Balaban J connectivity index is 3.35. The van der Waals surface area contributed by atoms with Gasteiger partial charge in [0.1, 0.15) is 0 Å². The molecule has 1 aromatic rings. The minimum atomic E-state index is -2.52. The van der Waals surface area contributed by atoms with Gasteiger partial charge in [0.25, 0.3) is 0 Å². The summed E-state index contributed by atoms with van der Waals surface area (Å²) in [5.41, 5.74) is -0.113. The molecule has 0 spiro atoms. The van der Waals surface area contributed by atoms with Gasteiger partial charge >= 0.3 is 8.56 Å². The molecular formula is C17H30O2Si. The van der Waals surface area contributed by atoms with Gasteiger partial charge in [0.15, 0.2) is 0 Å². The summed E-state index contributed by atoms with van der Waals surface area (Å²) in [6.45, 7) is 17.0. The summed E-state index contributed by atoms with van der Waals surface area (Å²) in [5, 5.41) is 1.21. The predicted octanol–water partition coefficient (Wildman–Crippen LogP) is 4.38. The van der Waals surface area contributed by atoms with E-state index in [1.807, 2.05) is 6.07 Å². The van der Waals surface area contributed by atoms with Crippen molar-refractivity contribution in [1.82, 2.24) is 0 Å². The third-order valence-corrected chi connectivity index (χ3v) is 7.34. The molecule has 0 atom stereocenters. The minimum absolute atomic E-state index is 0.225. The summed E-state index contributed by atoms with van der Waals surface area (Å²) < 4.78 is 13.1. The molecule has 0 fully saturated rings. The van der Waals surface area contributed by atoms with Gasteiger partial charge in [-0.05, 0) is 46.7 Å². The van der Waals surface area contributed by atoms with E-state index in [0.29, 0.717) is 5.54 Å². The highest BCUT2D eigenvalue weighted by Crippen LogP contribution is 2.32. The first-order chi connectivity index (χ1) is 8.96. The van der Waals surface area contributed by atoms with E-state index in [0.717, 1.165) is 0 Å². The Kier molecular flexibility index (Phi) is 5.22. The van der Waals surface area contributed by atoms with Gasteiger partial charge < -0.3 is 8.85 Å². The molecule has 3 heteroatoms. The molecule has 20 heavy (non-hydrogen) atoms. The van der Waals surface area contributed by atoms with Crippen LogP contribution in [0.15, 0.2) is 30.3 Å². The number of hydrogen-bond donors (Lipinski definition) is 0. The molecule has 2 nitrogen and oxygen atoms in total. The first-order valence-corrected chi connectivity index (χ1v) is 9.31. The van der Waals surface area contributed by atoms with Gasteiger partial charge in [0.05, 0.1) is 11.2 Å². The molecule has 0 N–H and O–H groups in total. The van der Waals surface area contributed by atoms with Gasteiger partial charge in [-0.1, -0.05) is 44.2 Å². The van der Waals surface area contributed by atoms with E-state index in [4.69, 9.17) is 8.85 Å². The fourth-order valence-electron chi connectivity index (χ4n) is 2.29. The maximum Gasteiger partial charge on any atom is 0.376 e. The molecule has 0 bridgehead atoms. The largest absolute Gasteiger partial charge is 0.386 e. The smallest absolute Gasteiger partial charge is 0.376 e. The quantitative estimate of drug-likeness (QED) is 0.767. The fourth-order valence-corrected chi connectivity index (χ4v) is 6.18. The molecule has 0 saturated carbocycles. The second-order valence-corrected chi connectivity index (χ2v) is 11.1. The molecule has 0 unspecified atom stereocenters. The van der Waals surface area contributed by atoms with Crippen molar-refractivity contribution in [1.29, 1.82) is 0 Å². The maximum absolute atomic E-state index is 6.57. The van der Waals surface area contributed by atoms with E-state index in [1.165, 1.54) is 5.19 Å². The van der Waals surface area contributed by atoms with Crippen LogP contribution in [0.25, 0.3) is 0 Å². The van der Waals surface area contributed by atoms with Crippen LogP contribution >= 0.6 is 0 Å². The minimum Gasteiger partial charge on any atom is -0.386 e. The van der Waals surface area contributed by atoms with Crippen molar-refractivity contribution < 1.29 is 8.85 Å². The van der Waals surface area contributed by atoms with E-state index in [9.17, 15) is 0 Å². The van der Waals surface area contributed by atoms with Crippen LogP contribution in [0.2, 0.25) is 5.54 Å². The highest BCUT2D eigenvalue weighted by Gasteiger charge is 2.49. The SMILES string of the molecule is CC(C)[Si](OC(C)(C)C)(OC(C)(C)C)c1ccccc1. The summed E-state index contributed by atoms with van der Waals surface area (Å²) in [4.78, 5) is 0. The average Bonchev–Trinajstić information content (AvgIpc) is 2.25. The lowest BCUT2D eigenvalue weighted by atomic mass is 10.2. The van der Waals surface area contributed by atoms with Crippen molar-refractivity contribution in [3.05, 3.63) is 30.3 Å². The topological polar surface area (TPSA) is 18.5 Å². The average molecular weight is 295 g/mol. The Morgan fingerprint density at radius 1 is 0.800 bits per heavy atom. The summed E-state index contributed by atoms with van der Waals surface area (Å²) >= 11 is 0. The van der Waals surface area contributed by atoms with Gasteiger partial charge in [-0.15, -0.1) is 0 Å². The van der Waals surface area contributed by atoms with Crippen molar-refractivity contribution >= 4 is 13.7 Å². The van der Waals surface area contributed by atoms with Crippen molar-refractivity contribution in [3.63, 3.8) is 0 Å². The Labute approximate surface area is 125 Å². The highest BCUT2D eigenvalue weighted by atomic mass is 28.4. The van der Waals surface area contributed by atoms with Crippen molar-refractivity contribution in [2.75, 3.05) is 0 Å². The van der Waals surface area contributed by atoms with E-state index in [1.54, 1.807) is 0 Å². The van der Waals surface area contributed by atoms with Crippen molar-refractivity contribution in [2.24, 2.45) is 0 Å². The zero-order valence-corrected chi connectivity index (χ0v) is 15.3. The van der Waals surface area contributed by atoms with E-state index >= 15 is 0 Å². The molecule has 0 radical (unpaired) electrons. The first kappa shape index (κ1) is 17.4. The predicted molar refractivity (Wildman–Crippen MR) is 88.6 cm³/mol. The molecule has 0 heterocycles. The molecule has 1 aromatic carbocycles. The van der Waals surface area contributed by atoms with Crippen molar-refractivity contribution in [3.8, 4) is 0 Å². The van der Waals surface area contributed by atoms with Gasteiger partial charge in [-0.2, -0.15) is 0 Å². The Morgan fingerprint density at radius 2 is 1.20 bits per heavy atom. The molecule has 0 aromatic heterocycles. The molecule has 0 aliphatic carbocycles. The lowest BCUT2D eigenvalue weighted by molar-refractivity contribution is 0.0181. The van der Waals surface area contributed by atoms with E-state index < -0.39 is 8.56 Å². The molecule has 0 saturated heterocycles. The van der Waals surface area contributed by atoms with Gasteiger partial charge in [0, 0.05) is 5.54 Å². The molecular weight excluding hydrogens is 264 g/mol. The van der Waals surface area contributed by atoms with E-state index in [-0.39, 0.29) is 11.2 Å². The number of benzene rings is 1. The Morgan fingerprint density at radius 3 is 1.50 bits per heavy atom. The monoisotopic (exact) mass is 294 g/mol. The number of rotatable bonds is 4. The van der Waals surface area contributed by atoms with Crippen LogP contribution < -0.4 is 5.19 Å². The van der Waals surface area contributed by atoms with Crippen LogP contribution in [0.4, 0.5) is 0 Å². The first-order valence-electron chi connectivity index (χ1n) is 7.42. The molecule has 114 valence electrons. The Hall–Kier alpha value is -0.643. The molecule has 0 aliphatic heterocycles. The zero-order chi connectivity index (χ0) is 15.6. The van der Waals surface area contributed by atoms with E-state index in [2.05, 4.69) is 79.7 Å². The van der Waals surface area contributed by atoms with Crippen LogP contribution in [0.5, 0.6) is 0 Å². The van der Waals surface area contributed by atoms with Crippen LogP contribution in [-0.2, 0) is 8.85 Å². The summed E-state index contributed by atoms with van der Waals surface area (Å²) in [6, 6.07) is 10.5. The maximum atomic E-state index is 6.57. The van der Waals surface area contributed by atoms with Crippen LogP contribution in [-0.4, -0.2) is 19.8 Å². The van der Waals surface area contributed by atoms with Crippen LogP contribution in [0, 0.1) is 0 Å². The fraction of sp³-hybridized carbons (Fsp3) is 0.647. The summed E-state index contributed by atoms with van der Waals surface area (Å²) in [6.07, 6.45) is 0. The lowest BCUT2D eigenvalue weighted by Gasteiger charge is -2.43.